The largest absolute Gasteiger partial charge is 0.463 e. The SMILES string of the molecule is CCOC(=O)C1=CN(O)c2ccccc2C1. The molecule has 1 aromatic carbocycles. The Bertz CT molecular complexity index is 440. The van der Waals surface area contributed by atoms with Gasteiger partial charge in [0.1, 0.15) is 0 Å². The van der Waals surface area contributed by atoms with Crippen molar-refractivity contribution in [2.75, 3.05) is 11.7 Å². The number of hydrogen-bond donors (Lipinski definition) is 1. The maximum Gasteiger partial charge on any atom is 0.335 e. The minimum atomic E-state index is -0.379. The summed E-state index contributed by atoms with van der Waals surface area (Å²) in [6, 6.07) is 7.39. The van der Waals surface area contributed by atoms with Crippen LogP contribution in [0.2, 0.25) is 0 Å². The van der Waals surface area contributed by atoms with Crippen LogP contribution in [0.5, 0.6) is 0 Å². The van der Waals surface area contributed by atoms with E-state index in [1.54, 1.807) is 13.0 Å². The van der Waals surface area contributed by atoms with Gasteiger partial charge in [-0.15, -0.1) is 0 Å². The van der Waals surface area contributed by atoms with Crippen LogP contribution >= 0.6 is 0 Å². The van der Waals surface area contributed by atoms with Gasteiger partial charge in [0.05, 0.1) is 17.9 Å². The maximum atomic E-state index is 11.5. The van der Waals surface area contributed by atoms with E-state index < -0.39 is 0 Å². The van der Waals surface area contributed by atoms with E-state index >= 15 is 0 Å². The monoisotopic (exact) mass is 219 g/mol. The van der Waals surface area contributed by atoms with Gasteiger partial charge in [-0.1, -0.05) is 18.2 Å². The van der Waals surface area contributed by atoms with E-state index in [-0.39, 0.29) is 5.97 Å². The number of rotatable bonds is 2. The van der Waals surface area contributed by atoms with E-state index in [1.807, 2.05) is 18.2 Å². The molecule has 2 rings (SSSR count). The van der Waals surface area contributed by atoms with Gasteiger partial charge in [0, 0.05) is 12.6 Å². The Morgan fingerprint density at radius 1 is 1.50 bits per heavy atom. The zero-order chi connectivity index (χ0) is 11.5. The lowest BCUT2D eigenvalue weighted by atomic mass is 10.0. The van der Waals surface area contributed by atoms with Crippen LogP contribution in [-0.4, -0.2) is 17.8 Å². The van der Waals surface area contributed by atoms with Crippen LogP contribution in [0.3, 0.4) is 0 Å². The fourth-order valence-electron chi connectivity index (χ4n) is 1.70. The van der Waals surface area contributed by atoms with Gasteiger partial charge in [-0.3, -0.25) is 5.21 Å². The number of carbonyl (C=O) groups excluding carboxylic acids is 1. The molecule has 0 unspecified atom stereocenters. The lowest BCUT2D eigenvalue weighted by Crippen LogP contribution is -2.22. The van der Waals surface area contributed by atoms with Crippen LogP contribution in [0, 0.1) is 0 Å². The Morgan fingerprint density at radius 3 is 3.00 bits per heavy atom. The standard InChI is InChI=1S/C12H13NO3/c1-2-16-12(14)10-7-9-5-3-4-6-11(9)13(15)8-10/h3-6,8,15H,2,7H2,1H3. The summed E-state index contributed by atoms with van der Waals surface area (Å²) in [6.45, 7) is 2.09. The molecule has 16 heavy (non-hydrogen) atoms. The molecule has 0 amide bonds. The molecule has 1 N–H and O–H groups in total. The first-order valence-electron chi connectivity index (χ1n) is 5.16. The van der Waals surface area contributed by atoms with Gasteiger partial charge in [0.2, 0.25) is 0 Å². The van der Waals surface area contributed by atoms with Crippen molar-refractivity contribution in [2.45, 2.75) is 13.3 Å². The quantitative estimate of drug-likeness (QED) is 0.771. The number of carbonyl (C=O) groups is 1. The Balaban J connectivity index is 2.26. The molecule has 0 fully saturated rings. The van der Waals surface area contributed by atoms with Crippen molar-refractivity contribution in [1.82, 2.24) is 0 Å². The first kappa shape index (κ1) is 10.7. The van der Waals surface area contributed by atoms with E-state index in [9.17, 15) is 10.0 Å². The number of esters is 1. The number of fused-ring (bicyclic) bond motifs is 1. The van der Waals surface area contributed by atoms with Crippen molar-refractivity contribution in [3.8, 4) is 0 Å². The lowest BCUT2D eigenvalue weighted by molar-refractivity contribution is -0.138. The van der Waals surface area contributed by atoms with E-state index in [0.717, 1.165) is 10.6 Å². The fraction of sp³-hybridized carbons (Fsp3) is 0.250. The number of para-hydroxylation sites is 1. The van der Waals surface area contributed by atoms with Crippen LogP contribution < -0.4 is 5.06 Å². The highest BCUT2D eigenvalue weighted by Gasteiger charge is 2.20. The molecule has 0 spiro atoms. The van der Waals surface area contributed by atoms with Crippen LogP contribution in [0.4, 0.5) is 5.69 Å². The van der Waals surface area contributed by atoms with Crippen molar-refractivity contribution in [2.24, 2.45) is 0 Å². The second-order valence-corrected chi connectivity index (χ2v) is 3.52. The zero-order valence-corrected chi connectivity index (χ0v) is 9.01. The first-order chi connectivity index (χ1) is 7.72. The number of ether oxygens (including phenoxy) is 1. The number of benzene rings is 1. The third-order valence-electron chi connectivity index (χ3n) is 2.44. The fourth-order valence-corrected chi connectivity index (χ4v) is 1.70. The van der Waals surface area contributed by atoms with E-state index in [0.29, 0.717) is 24.3 Å². The molecular formula is C12H13NO3. The summed E-state index contributed by atoms with van der Waals surface area (Å²) in [5.41, 5.74) is 2.08. The number of nitrogens with zero attached hydrogens (tertiary/aromatic N) is 1. The van der Waals surface area contributed by atoms with E-state index in [1.165, 1.54) is 6.20 Å². The highest BCUT2D eigenvalue weighted by atomic mass is 16.5. The molecule has 1 aliphatic heterocycles. The molecule has 0 saturated heterocycles. The van der Waals surface area contributed by atoms with E-state index in [2.05, 4.69) is 0 Å². The first-order valence-corrected chi connectivity index (χ1v) is 5.16. The van der Waals surface area contributed by atoms with Crippen molar-refractivity contribution in [1.29, 1.82) is 0 Å². The number of hydrogen-bond acceptors (Lipinski definition) is 4. The van der Waals surface area contributed by atoms with Crippen molar-refractivity contribution < 1.29 is 14.7 Å². The van der Waals surface area contributed by atoms with Gasteiger partial charge in [-0.2, -0.15) is 0 Å². The van der Waals surface area contributed by atoms with E-state index in [4.69, 9.17) is 4.74 Å². The minimum Gasteiger partial charge on any atom is -0.463 e. The molecule has 1 aromatic rings. The smallest absolute Gasteiger partial charge is 0.335 e. The van der Waals surface area contributed by atoms with Gasteiger partial charge >= 0.3 is 5.97 Å². The number of anilines is 1. The summed E-state index contributed by atoms with van der Waals surface area (Å²) in [5, 5.41) is 10.7. The average Bonchev–Trinajstić information content (AvgIpc) is 2.29. The Kier molecular flexibility index (Phi) is 2.92. The topological polar surface area (TPSA) is 49.8 Å². The predicted molar refractivity (Wildman–Crippen MR) is 59.1 cm³/mol. The molecule has 1 aliphatic rings. The average molecular weight is 219 g/mol. The molecule has 4 nitrogen and oxygen atoms in total. The maximum absolute atomic E-state index is 11.5. The predicted octanol–water partition coefficient (Wildman–Crippen LogP) is 1.89. The molecule has 0 atom stereocenters. The second kappa shape index (κ2) is 4.37. The summed E-state index contributed by atoms with van der Waals surface area (Å²) in [5.74, 6) is -0.379. The van der Waals surface area contributed by atoms with Crippen molar-refractivity contribution >= 4 is 11.7 Å². The van der Waals surface area contributed by atoms with Gasteiger partial charge in [-0.25, -0.2) is 9.86 Å². The molecule has 0 saturated carbocycles. The Hall–Kier alpha value is -1.81. The zero-order valence-electron chi connectivity index (χ0n) is 9.01. The molecular weight excluding hydrogens is 206 g/mol. The molecule has 0 aliphatic carbocycles. The van der Waals surface area contributed by atoms with Crippen molar-refractivity contribution in [3.05, 3.63) is 41.6 Å². The molecule has 0 radical (unpaired) electrons. The highest BCUT2D eigenvalue weighted by Crippen LogP contribution is 2.27. The van der Waals surface area contributed by atoms with Gasteiger partial charge in [-0.05, 0) is 18.6 Å². The third-order valence-corrected chi connectivity index (χ3v) is 2.44. The highest BCUT2D eigenvalue weighted by molar-refractivity contribution is 5.90. The number of hydroxylamine groups is 1. The summed E-state index contributed by atoms with van der Waals surface area (Å²) < 4.78 is 4.90. The van der Waals surface area contributed by atoms with Crippen LogP contribution in [-0.2, 0) is 16.0 Å². The molecule has 84 valence electrons. The Morgan fingerprint density at radius 2 is 2.25 bits per heavy atom. The van der Waals surface area contributed by atoms with Crippen molar-refractivity contribution in [3.63, 3.8) is 0 Å². The normalized spacial score (nSPS) is 14.1. The van der Waals surface area contributed by atoms with Crippen LogP contribution in [0.1, 0.15) is 12.5 Å². The summed E-state index contributed by atoms with van der Waals surface area (Å²) in [7, 11) is 0. The summed E-state index contributed by atoms with van der Waals surface area (Å²) in [6.07, 6.45) is 1.90. The van der Waals surface area contributed by atoms with Crippen LogP contribution in [0.15, 0.2) is 36.0 Å². The van der Waals surface area contributed by atoms with Crippen LogP contribution in [0.25, 0.3) is 0 Å². The third kappa shape index (κ3) is 1.92. The summed E-state index contributed by atoms with van der Waals surface area (Å²) in [4.78, 5) is 11.5. The molecule has 0 aromatic heterocycles. The minimum absolute atomic E-state index is 0.337. The molecule has 0 bridgehead atoms. The summed E-state index contributed by atoms with van der Waals surface area (Å²) >= 11 is 0. The lowest BCUT2D eigenvalue weighted by Gasteiger charge is -2.22. The van der Waals surface area contributed by atoms with Gasteiger partial charge < -0.3 is 4.74 Å². The second-order valence-electron chi connectivity index (χ2n) is 3.52. The molecule has 4 heteroatoms. The van der Waals surface area contributed by atoms with Gasteiger partial charge in [0.25, 0.3) is 0 Å². The Labute approximate surface area is 93.7 Å². The molecule has 1 heterocycles. The van der Waals surface area contributed by atoms with Gasteiger partial charge in [0.15, 0.2) is 0 Å².